The number of halogens is 1. The smallest absolute Gasteiger partial charge is 0.325 e. The van der Waals surface area contributed by atoms with Gasteiger partial charge < -0.3 is 20.1 Å². The highest BCUT2D eigenvalue weighted by Crippen LogP contribution is 2.40. The lowest BCUT2D eigenvalue weighted by atomic mass is 9.68. The topological polar surface area (TPSA) is 78.9 Å². The van der Waals surface area contributed by atoms with Crippen LogP contribution in [0.1, 0.15) is 45.2 Å². The Morgan fingerprint density at radius 1 is 1.17 bits per heavy atom. The largest absolute Gasteiger partial charge is 0.508 e. The molecule has 0 saturated carbocycles. The maximum absolute atomic E-state index is 13.2. The number of rotatable bonds is 10. The molecule has 0 aromatic heterocycles. The van der Waals surface area contributed by atoms with Crippen LogP contribution < -0.4 is 5.32 Å². The molecule has 2 N–H and O–H groups in total. The van der Waals surface area contributed by atoms with Gasteiger partial charge in [0.05, 0.1) is 12.5 Å². The van der Waals surface area contributed by atoms with E-state index in [4.69, 9.17) is 4.74 Å². The van der Waals surface area contributed by atoms with Crippen LogP contribution in [0.5, 0.6) is 5.75 Å². The zero-order valence-electron chi connectivity index (χ0n) is 21.9. The standard InChI is InChI=1S/C29H40N2O4.ClH/c1-21(2)20-35-27(33)17-30-28(34)24(15-23-9-6-5-7-10-23)19-31-14-13-29(4,22(3)18-31)25-11-8-12-26(32)16-25;/h5-12,16,21-22,24,32H,13-15,17-20H2,1-4H3,(H,30,34);1H. The van der Waals surface area contributed by atoms with Crippen LogP contribution in [-0.2, 0) is 26.2 Å². The number of hydrogen-bond donors (Lipinski definition) is 2. The van der Waals surface area contributed by atoms with Crippen LogP contribution in [0.4, 0.5) is 0 Å². The molecule has 0 radical (unpaired) electrons. The minimum absolute atomic E-state index is 0. The lowest BCUT2D eigenvalue weighted by Crippen LogP contribution is -2.50. The van der Waals surface area contributed by atoms with E-state index < -0.39 is 5.97 Å². The minimum atomic E-state index is -0.404. The predicted octanol–water partition coefficient (Wildman–Crippen LogP) is 4.59. The highest BCUT2D eigenvalue weighted by atomic mass is 35.5. The van der Waals surface area contributed by atoms with Crippen LogP contribution in [0.25, 0.3) is 0 Å². The van der Waals surface area contributed by atoms with E-state index in [2.05, 4.69) is 30.1 Å². The number of phenols is 1. The summed E-state index contributed by atoms with van der Waals surface area (Å²) in [7, 11) is 0. The number of esters is 1. The number of piperidine rings is 1. The number of phenolic OH excluding ortho intramolecular Hbond substituents is 1. The number of ether oxygens (including phenoxy) is 1. The first-order valence-electron chi connectivity index (χ1n) is 12.7. The fraction of sp³-hybridized carbons (Fsp3) is 0.517. The first-order chi connectivity index (χ1) is 16.7. The fourth-order valence-corrected chi connectivity index (χ4v) is 4.84. The molecule has 2 aromatic rings. The quantitative estimate of drug-likeness (QED) is 0.452. The molecule has 1 aliphatic rings. The molecular weight excluding hydrogens is 476 g/mol. The van der Waals surface area contributed by atoms with Gasteiger partial charge in [0.2, 0.25) is 5.91 Å². The zero-order chi connectivity index (χ0) is 25.4. The average molecular weight is 517 g/mol. The summed E-state index contributed by atoms with van der Waals surface area (Å²) < 4.78 is 5.21. The molecule has 1 amide bonds. The molecule has 3 atom stereocenters. The molecule has 0 aliphatic carbocycles. The molecule has 1 fully saturated rings. The summed E-state index contributed by atoms with van der Waals surface area (Å²) in [5.41, 5.74) is 2.22. The van der Waals surface area contributed by atoms with Crippen molar-refractivity contribution in [3.63, 3.8) is 0 Å². The molecule has 1 saturated heterocycles. The molecule has 2 aromatic carbocycles. The summed E-state index contributed by atoms with van der Waals surface area (Å²) in [6, 6.07) is 17.6. The Kier molecular flexibility index (Phi) is 11.3. The number of aromatic hydroxyl groups is 1. The molecule has 1 heterocycles. The van der Waals surface area contributed by atoms with Gasteiger partial charge in [-0.15, -0.1) is 12.4 Å². The van der Waals surface area contributed by atoms with E-state index in [9.17, 15) is 14.7 Å². The van der Waals surface area contributed by atoms with Crippen molar-refractivity contribution >= 4 is 24.3 Å². The van der Waals surface area contributed by atoms with Gasteiger partial charge in [0.1, 0.15) is 12.3 Å². The summed E-state index contributed by atoms with van der Waals surface area (Å²) in [6.07, 6.45) is 1.56. The number of amides is 1. The van der Waals surface area contributed by atoms with E-state index in [-0.39, 0.29) is 42.1 Å². The zero-order valence-corrected chi connectivity index (χ0v) is 22.7. The monoisotopic (exact) mass is 516 g/mol. The maximum atomic E-state index is 13.2. The van der Waals surface area contributed by atoms with Gasteiger partial charge in [-0.3, -0.25) is 9.59 Å². The van der Waals surface area contributed by atoms with Crippen molar-refractivity contribution in [3.8, 4) is 5.75 Å². The summed E-state index contributed by atoms with van der Waals surface area (Å²) in [5, 5.41) is 12.8. The highest BCUT2D eigenvalue weighted by molar-refractivity contribution is 5.85. The third-order valence-corrected chi connectivity index (χ3v) is 7.23. The molecule has 3 rings (SSSR count). The first kappa shape index (κ1) is 29.7. The fourth-order valence-electron chi connectivity index (χ4n) is 4.84. The van der Waals surface area contributed by atoms with E-state index >= 15 is 0 Å². The van der Waals surface area contributed by atoms with Crippen LogP contribution in [0.2, 0.25) is 0 Å². The van der Waals surface area contributed by atoms with Crippen LogP contribution >= 0.6 is 12.4 Å². The second-order valence-corrected chi connectivity index (χ2v) is 10.6. The van der Waals surface area contributed by atoms with Crippen LogP contribution in [0.3, 0.4) is 0 Å². The molecule has 198 valence electrons. The first-order valence-corrected chi connectivity index (χ1v) is 12.7. The van der Waals surface area contributed by atoms with Crippen molar-refractivity contribution in [2.45, 2.75) is 46.0 Å². The molecule has 36 heavy (non-hydrogen) atoms. The molecule has 7 heteroatoms. The lowest BCUT2D eigenvalue weighted by Gasteiger charge is -2.45. The van der Waals surface area contributed by atoms with Crippen molar-refractivity contribution < 1.29 is 19.4 Å². The van der Waals surface area contributed by atoms with Crippen LogP contribution in [0, 0.1) is 17.8 Å². The van der Waals surface area contributed by atoms with E-state index in [1.807, 2.05) is 56.3 Å². The van der Waals surface area contributed by atoms with E-state index in [0.717, 1.165) is 30.6 Å². The highest BCUT2D eigenvalue weighted by Gasteiger charge is 2.39. The molecule has 1 aliphatic heterocycles. The molecule has 6 nitrogen and oxygen atoms in total. The van der Waals surface area contributed by atoms with Crippen molar-refractivity contribution in [1.82, 2.24) is 10.2 Å². The number of hydrogen-bond acceptors (Lipinski definition) is 5. The Hall–Kier alpha value is -2.57. The predicted molar refractivity (Wildman–Crippen MR) is 145 cm³/mol. The lowest BCUT2D eigenvalue weighted by molar-refractivity contribution is -0.145. The van der Waals surface area contributed by atoms with Crippen LogP contribution in [0.15, 0.2) is 54.6 Å². The molecule has 0 bridgehead atoms. The number of nitrogens with one attached hydrogen (secondary N) is 1. The van der Waals surface area contributed by atoms with Gasteiger partial charge >= 0.3 is 5.97 Å². The van der Waals surface area contributed by atoms with Gasteiger partial charge in [-0.2, -0.15) is 0 Å². The van der Waals surface area contributed by atoms with Gasteiger partial charge in [0.25, 0.3) is 0 Å². The second-order valence-electron chi connectivity index (χ2n) is 10.6. The molecule has 0 spiro atoms. The maximum Gasteiger partial charge on any atom is 0.325 e. The molecular formula is C29H41ClN2O4. The van der Waals surface area contributed by atoms with E-state index in [1.54, 1.807) is 6.07 Å². The third kappa shape index (κ3) is 8.24. The van der Waals surface area contributed by atoms with Gasteiger partial charge in [-0.05, 0) is 59.9 Å². The normalized spacial score (nSPS) is 20.9. The Morgan fingerprint density at radius 2 is 1.89 bits per heavy atom. The van der Waals surface area contributed by atoms with Gasteiger partial charge in [-0.25, -0.2) is 0 Å². The third-order valence-electron chi connectivity index (χ3n) is 7.23. The van der Waals surface area contributed by atoms with Crippen molar-refractivity contribution in [1.29, 1.82) is 0 Å². The SMILES string of the molecule is CC(C)COC(=O)CNC(=O)C(Cc1ccccc1)CN1CCC(C)(c2cccc(O)c2)C(C)C1.Cl. The number of likely N-dealkylation sites (tertiary alicyclic amines) is 1. The summed E-state index contributed by atoms with van der Waals surface area (Å²) in [5.74, 6) is 0.109. The number of benzene rings is 2. The Bertz CT molecular complexity index is 984. The average Bonchev–Trinajstić information content (AvgIpc) is 2.83. The number of carbonyl (C=O) groups is 2. The summed E-state index contributed by atoms with van der Waals surface area (Å²) >= 11 is 0. The second kappa shape index (κ2) is 13.7. The minimum Gasteiger partial charge on any atom is -0.508 e. The summed E-state index contributed by atoms with van der Waals surface area (Å²) in [6.45, 7) is 11.1. The van der Waals surface area contributed by atoms with E-state index in [0.29, 0.717) is 31.2 Å². The Morgan fingerprint density at radius 3 is 2.53 bits per heavy atom. The summed E-state index contributed by atoms with van der Waals surface area (Å²) in [4.78, 5) is 27.5. The van der Waals surface area contributed by atoms with E-state index in [1.165, 1.54) is 0 Å². The van der Waals surface area contributed by atoms with Crippen molar-refractivity contribution in [3.05, 3.63) is 65.7 Å². The number of carbonyl (C=O) groups excluding carboxylic acids is 2. The van der Waals surface area contributed by atoms with Gasteiger partial charge in [-0.1, -0.05) is 70.2 Å². The van der Waals surface area contributed by atoms with Crippen molar-refractivity contribution in [2.24, 2.45) is 17.8 Å². The Labute approximate surface area is 221 Å². The number of nitrogens with zero attached hydrogens (tertiary/aromatic N) is 1. The molecule has 3 unspecified atom stereocenters. The van der Waals surface area contributed by atoms with Crippen molar-refractivity contribution in [2.75, 3.05) is 32.8 Å². The van der Waals surface area contributed by atoms with Crippen LogP contribution in [-0.4, -0.2) is 54.7 Å². The van der Waals surface area contributed by atoms with Gasteiger partial charge in [0.15, 0.2) is 0 Å². The Balaban J connectivity index is 0.00000456. The van der Waals surface area contributed by atoms with Gasteiger partial charge in [0, 0.05) is 13.1 Å².